The van der Waals surface area contributed by atoms with Gasteiger partial charge < -0.3 is 10.1 Å². The van der Waals surface area contributed by atoms with Crippen LogP contribution in [0.25, 0.3) is 5.82 Å². The predicted octanol–water partition coefficient (Wildman–Crippen LogP) is 2.18. The van der Waals surface area contributed by atoms with Crippen molar-refractivity contribution in [2.75, 3.05) is 6.61 Å². The van der Waals surface area contributed by atoms with Gasteiger partial charge in [-0.25, -0.2) is 9.67 Å². The summed E-state index contributed by atoms with van der Waals surface area (Å²) in [7, 11) is 0. The van der Waals surface area contributed by atoms with Crippen LogP contribution in [0.2, 0.25) is 0 Å². The molecule has 0 radical (unpaired) electrons. The first-order valence-corrected chi connectivity index (χ1v) is 7.97. The Bertz CT molecular complexity index is 687. The van der Waals surface area contributed by atoms with Crippen molar-refractivity contribution in [1.29, 1.82) is 0 Å². The lowest BCUT2D eigenvalue weighted by atomic mass is 10.1. The first-order chi connectivity index (χ1) is 11.0. The summed E-state index contributed by atoms with van der Waals surface area (Å²) in [6.45, 7) is 6.68. The Kier molecular flexibility index (Phi) is 4.43. The van der Waals surface area contributed by atoms with Crippen LogP contribution in [0.4, 0.5) is 0 Å². The molecule has 0 aliphatic carbocycles. The lowest BCUT2D eigenvalue weighted by Gasteiger charge is -2.19. The molecule has 6 nitrogen and oxygen atoms in total. The molecule has 3 rings (SSSR count). The van der Waals surface area contributed by atoms with Crippen LogP contribution in [0.15, 0.2) is 24.4 Å². The number of hydrogen-bond acceptors (Lipinski definition) is 4. The van der Waals surface area contributed by atoms with Crippen molar-refractivity contribution in [2.45, 2.75) is 45.8 Å². The number of ether oxygens (including phenoxy) is 1. The number of carbonyl (C=O) groups is 1. The first kappa shape index (κ1) is 15.7. The molecule has 122 valence electrons. The van der Waals surface area contributed by atoms with E-state index in [0.717, 1.165) is 30.8 Å². The molecule has 23 heavy (non-hydrogen) atoms. The number of pyridine rings is 1. The molecule has 3 heterocycles. The Morgan fingerprint density at radius 2 is 2.26 bits per heavy atom. The Morgan fingerprint density at radius 1 is 1.43 bits per heavy atom. The molecule has 0 spiro atoms. The fourth-order valence-electron chi connectivity index (χ4n) is 2.89. The second kappa shape index (κ2) is 6.50. The molecular formula is C17H22N4O2. The minimum atomic E-state index is -0.125. The summed E-state index contributed by atoms with van der Waals surface area (Å²) in [5.41, 5.74) is 2.50. The van der Waals surface area contributed by atoms with Gasteiger partial charge in [-0.05, 0) is 51.8 Å². The Balaban J connectivity index is 1.69. The predicted molar refractivity (Wildman–Crippen MR) is 86.7 cm³/mol. The quantitative estimate of drug-likeness (QED) is 0.939. The van der Waals surface area contributed by atoms with Crippen molar-refractivity contribution in [3.8, 4) is 5.82 Å². The van der Waals surface area contributed by atoms with Gasteiger partial charge >= 0.3 is 0 Å². The zero-order valence-corrected chi connectivity index (χ0v) is 13.7. The van der Waals surface area contributed by atoms with Gasteiger partial charge in [-0.2, -0.15) is 5.10 Å². The number of aromatic nitrogens is 3. The molecule has 2 aromatic heterocycles. The molecular weight excluding hydrogens is 292 g/mol. The number of carbonyl (C=O) groups excluding carboxylic acids is 1. The van der Waals surface area contributed by atoms with Crippen molar-refractivity contribution in [2.24, 2.45) is 0 Å². The fraction of sp³-hybridized carbons (Fsp3) is 0.471. The van der Waals surface area contributed by atoms with Gasteiger partial charge in [0.25, 0.3) is 5.91 Å². The third-order valence-electron chi connectivity index (χ3n) is 4.12. The van der Waals surface area contributed by atoms with Crippen LogP contribution in [-0.4, -0.2) is 39.4 Å². The van der Waals surface area contributed by atoms with E-state index in [1.54, 1.807) is 16.9 Å². The zero-order valence-electron chi connectivity index (χ0n) is 13.7. The molecule has 0 saturated carbocycles. The number of rotatable bonds is 4. The Hall–Kier alpha value is -2.21. The maximum Gasteiger partial charge on any atom is 0.253 e. The van der Waals surface area contributed by atoms with Gasteiger partial charge in [-0.1, -0.05) is 0 Å². The lowest BCUT2D eigenvalue weighted by Crippen LogP contribution is -2.40. The van der Waals surface area contributed by atoms with Crippen molar-refractivity contribution < 1.29 is 9.53 Å². The van der Waals surface area contributed by atoms with Crippen molar-refractivity contribution in [3.63, 3.8) is 0 Å². The Morgan fingerprint density at radius 3 is 2.83 bits per heavy atom. The highest BCUT2D eigenvalue weighted by molar-refractivity contribution is 5.94. The van der Waals surface area contributed by atoms with Gasteiger partial charge in [0.2, 0.25) is 0 Å². The Labute approximate surface area is 135 Å². The number of aryl methyl sites for hydroxylation is 2. The molecule has 0 bridgehead atoms. The highest BCUT2D eigenvalue weighted by atomic mass is 16.5. The molecule has 1 aliphatic rings. The number of nitrogens with one attached hydrogen (secondary N) is 1. The molecule has 6 heteroatoms. The van der Waals surface area contributed by atoms with Crippen molar-refractivity contribution in [3.05, 3.63) is 41.3 Å². The molecule has 2 atom stereocenters. The van der Waals surface area contributed by atoms with Gasteiger partial charge in [0, 0.05) is 18.5 Å². The van der Waals surface area contributed by atoms with Gasteiger partial charge in [0.15, 0.2) is 5.82 Å². The van der Waals surface area contributed by atoms with E-state index in [1.807, 2.05) is 32.9 Å². The van der Waals surface area contributed by atoms with Gasteiger partial charge in [-0.15, -0.1) is 0 Å². The third-order valence-corrected chi connectivity index (χ3v) is 4.12. The summed E-state index contributed by atoms with van der Waals surface area (Å²) in [6, 6.07) is 5.58. The van der Waals surface area contributed by atoms with Crippen molar-refractivity contribution >= 4 is 5.91 Å². The highest BCUT2D eigenvalue weighted by Crippen LogP contribution is 2.16. The van der Waals surface area contributed by atoms with Crippen molar-refractivity contribution in [1.82, 2.24) is 20.1 Å². The summed E-state index contributed by atoms with van der Waals surface area (Å²) < 4.78 is 7.37. The second-order valence-corrected chi connectivity index (χ2v) is 6.06. The minimum absolute atomic E-state index is 0.000635. The highest BCUT2D eigenvalue weighted by Gasteiger charge is 2.24. The van der Waals surface area contributed by atoms with Crippen LogP contribution in [0.3, 0.4) is 0 Å². The van der Waals surface area contributed by atoms with Crippen LogP contribution in [0.1, 0.15) is 41.5 Å². The zero-order chi connectivity index (χ0) is 16.4. The standard InChI is InChI=1S/C17H22N4O2/c1-11-9-12(2)21(20-11)16-7-6-14(10-18-16)17(22)19-13(3)15-5-4-8-23-15/h6-7,9-10,13,15H,4-5,8H2,1-3H3,(H,19,22). The third kappa shape index (κ3) is 3.42. The summed E-state index contributed by atoms with van der Waals surface area (Å²) >= 11 is 0. The number of amides is 1. The summed E-state index contributed by atoms with van der Waals surface area (Å²) in [6.07, 6.45) is 3.75. The van der Waals surface area contributed by atoms with E-state index in [-0.39, 0.29) is 18.1 Å². The van der Waals surface area contributed by atoms with Crippen LogP contribution < -0.4 is 5.32 Å². The molecule has 1 fully saturated rings. The van der Waals surface area contributed by atoms with Crippen LogP contribution in [0, 0.1) is 13.8 Å². The van der Waals surface area contributed by atoms with E-state index in [2.05, 4.69) is 15.4 Å². The largest absolute Gasteiger partial charge is 0.376 e. The molecule has 1 amide bonds. The van der Waals surface area contributed by atoms with E-state index in [1.165, 1.54) is 0 Å². The average molecular weight is 314 g/mol. The lowest BCUT2D eigenvalue weighted by molar-refractivity contribution is 0.0712. The molecule has 0 aromatic carbocycles. The fourth-order valence-corrected chi connectivity index (χ4v) is 2.89. The van der Waals surface area contributed by atoms with Gasteiger partial charge in [-0.3, -0.25) is 4.79 Å². The summed E-state index contributed by atoms with van der Waals surface area (Å²) in [5, 5.41) is 7.38. The molecule has 2 aromatic rings. The molecule has 2 unspecified atom stereocenters. The SMILES string of the molecule is Cc1cc(C)n(-c2ccc(C(=O)NC(C)C3CCCO3)cn2)n1. The number of nitrogens with zero attached hydrogens (tertiary/aromatic N) is 3. The number of hydrogen-bond donors (Lipinski definition) is 1. The van der Waals surface area contributed by atoms with E-state index in [9.17, 15) is 4.79 Å². The van der Waals surface area contributed by atoms with Gasteiger partial charge in [0.05, 0.1) is 23.4 Å². The summed E-state index contributed by atoms with van der Waals surface area (Å²) in [5.74, 6) is 0.583. The normalized spacial score (nSPS) is 18.8. The molecule has 1 saturated heterocycles. The topological polar surface area (TPSA) is 69.0 Å². The first-order valence-electron chi connectivity index (χ1n) is 7.97. The van der Waals surface area contributed by atoms with Crippen LogP contribution in [0.5, 0.6) is 0 Å². The molecule has 1 aliphatic heterocycles. The molecule has 1 N–H and O–H groups in total. The van der Waals surface area contributed by atoms with Crippen LogP contribution in [-0.2, 0) is 4.74 Å². The van der Waals surface area contributed by atoms with Crippen LogP contribution >= 0.6 is 0 Å². The van der Waals surface area contributed by atoms with E-state index in [4.69, 9.17) is 4.74 Å². The summed E-state index contributed by atoms with van der Waals surface area (Å²) in [4.78, 5) is 16.7. The average Bonchev–Trinajstić information content (AvgIpc) is 3.17. The monoisotopic (exact) mass is 314 g/mol. The second-order valence-electron chi connectivity index (χ2n) is 6.06. The van der Waals surface area contributed by atoms with E-state index < -0.39 is 0 Å². The maximum absolute atomic E-state index is 12.3. The van der Waals surface area contributed by atoms with E-state index in [0.29, 0.717) is 11.4 Å². The smallest absolute Gasteiger partial charge is 0.253 e. The maximum atomic E-state index is 12.3. The minimum Gasteiger partial charge on any atom is -0.376 e. The van der Waals surface area contributed by atoms with Gasteiger partial charge in [0.1, 0.15) is 0 Å². The van der Waals surface area contributed by atoms with E-state index >= 15 is 0 Å².